The van der Waals surface area contributed by atoms with Crippen LogP contribution in [0.1, 0.15) is 28.5 Å². The lowest BCUT2D eigenvalue weighted by Gasteiger charge is -2.04. The Morgan fingerprint density at radius 3 is 3.00 bits per heavy atom. The van der Waals surface area contributed by atoms with Crippen molar-refractivity contribution in [3.8, 4) is 0 Å². The minimum Gasteiger partial charge on any atom is -0.475 e. The minimum atomic E-state index is -1.05. The highest BCUT2D eigenvalue weighted by Crippen LogP contribution is 2.33. The molecule has 2 N–H and O–H groups in total. The first-order valence-electron chi connectivity index (χ1n) is 4.66. The third-order valence-electron chi connectivity index (χ3n) is 2.00. The highest BCUT2D eigenvalue weighted by molar-refractivity contribution is 7.99. The number of aromatic nitrogens is 2. The Kier molecular flexibility index (Phi) is 3.00. The Labute approximate surface area is 95.9 Å². The van der Waals surface area contributed by atoms with Gasteiger partial charge in [0.2, 0.25) is 5.76 Å². The quantitative estimate of drug-likeness (QED) is 0.800. The number of nitrogens with zero attached hydrogens (tertiary/aromatic N) is 1. The number of hydrogen-bond donors (Lipinski definition) is 2. The van der Waals surface area contributed by atoms with Crippen molar-refractivity contribution in [3.63, 3.8) is 0 Å². The standard InChI is InChI=1S/C10H10N2O3S/c1-6(16-10-11-4-5-12-10)7-2-3-8(15-7)9(13)14/h2-6H,1H3,(H,11,12)(H,13,14). The van der Waals surface area contributed by atoms with Crippen molar-refractivity contribution in [1.29, 1.82) is 0 Å². The molecular weight excluding hydrogens is 228 g/mol. The summed E-state index contributed by atoms with van der Waals surface area (Å²) in [5.74, 6) is -0.470. The number of aromatic amines is 1. The summed E-state index contributed by atoms with van der Waals surface area (Å²) in [6.45, 7) is 1.93. The second kappa shape index (κ2) is 4.44. The van der Waals surface area contributed by atoms with Crippen LogP contribution in [0.4, 0.5) is 0 Å². The number of H-pyrrole nitrogens is 1. The van der Waals surface area contributed by atoms with E-state index in [4.69, 9.17) is 9.52 Å². The maximum Gasteiger partial charge on any atom is 0.371 e. The lowest BCUT2D eigenvalue weighted by Crippen LogP contribution is -1.92. The van der Waals surface area contributed by atoms with Gasteiger partial charge in [-0.25, -0.2) is 9.78 Å². The SMILES string of the molecule is CC(Sc1ncc[nH]1)c1ccc(C(=O)O)o1. The lowest BCUT2D eigenvalue weighted by atomic mass is 10.3. The van der Waals surface area contributed by atoms with Crippen LogP contribution in [0.15, 0.2) is 34.1 Å². The van der Waals surface area contributed by atoms with Crippen molar-refractivity contribution in [2.75, 3.05) is 0 Å². The van der Waals surface area contributed by atoms with E-state index < -0.39 is 5.97 Å². The number of carboxylic acid groups (broad SMARTS) is 1. The molecule has 0 spiro atoms. The van der Waals surface area contributed by atoms with Gasteiger partial charge in [-0.2, -0.15) is 0 Å². The predicted octanol–water partition coefficient (Wildman–Crippen LogP) is 2.55. The van der Waals surface area contributed by atoms with E-state index in [1.165, 1.54) is 17.8 Å². The van der Waals surface area contributed by atoms with Crippen LogP contribution in [-0.2, 0) is 0 Å². The molecule has 0 radical (unpaired) electrons. The molecule has 0 aliphatic rings. The van der Waals surface area contributed by atoms with Gasteiger partial charge in [-0.15, -0.1) is 0 Å². The van der Waals surface area contributed by atoms with E-state index in [0.717, 1.165) is 5.16 Å². The molecule has 0 saturated heterocycles. The fourth-order valence-corrected chi connectivity index (χ4v) is 2.06. The topological polar surface area (TPSA) is 79.1 Å². The van der Waals surface area contributed by atoms with Crippen molar-refractivity contribution >= 4 is 17.7 Å². The van der Waals surface area contributed by atoms with E-state index in [1.807, 2.05) is 6.92 Å². The van der Waals surface area contributed by atoms with Crippen molar-refractivity contribution in [2.24, 2.45) is 0 Å². The Balaban J connectivity index is 2.08. The number of carbonyl (C=O) groups is 1. The summed E-state index contributed by atoms with van der Waals surface area (Å²) in [6, 6.07) is 3.13. The molecular formula is C10H10N2O3S. The highest BCUT2D eigenvalue weighted by atomic mass is 32.2. The maximum atomic E-state index is 10.6. The molecule has 2 aromatic rings. The van der Waals surface area contributed by atoms with Gasteiger partial charge in [0.1, 0.15) is 5.76 Å². The Morgan fingerprint density at radius 1 is 1.62 bits per heavy atom. The zero-order chi connectivity index (χ0) is 11.5. The molecule has 0 aliphatic carbocycles. The molecule has 1 unspecified atom stereocenters. The molecule has 0 amide bonds. The van der Waals surface area contributed by atoms with Gasteiger partial charge >= 0.3 is 5.97 Å². The molecule has 0 saturated carbocycles. The van der Waals surface area contributed by atoms with Gasteiger partial charge in [0.05, 0.1) is 5.25 Å². The second-order valence-corrected chi connectivity index (χ2v) is 4.49. The van der Waals surface area contributed by atoms with Crippen LogP contribution < -0.4 is 0 Å². The Hall–Kier alpha value is -1.69. The number of carboxylic acids is 1. The monoisotopic (exact) mass is 238 g/mol. The molecule has 0 aliphatic heterocycles. The van der Waals surface area contributed by atoms with E-state index in [9.17, 15) is 4.79 Å². The summed E-state index contributed by atoms with van der Waals surface area (Å²) < 4.78 is 5.19. The van der Waals surface area contributed by atoms with Crippen LogP contribution in [0.2, 0.25) is 0 Å². The zero-order valence-corrected chi connectivity index (χ0v) is 9.32. The summed E-state index contributed by atoms with van der Waals surface area (Å²) in [6.07, 6.45) is 3.40. The van der Waals surface area contributed by atoms with E-state index in [2.05, 4.69) is 9.97 Å². The van der Waals surface area contributed by atoms with Crippen LogP contribution in [0, 0.1) is 0 Å². The number of nitrogens with one attached hydrogen (secondary N) is 1. The van der Waals surface area contributed by atoms with Crippen molar-refractivity contribution < 1.29 is 14.3 Å². The second-order valence-electron chi connectivity index (χ2n) is 3.16. The van der Waals surface area contributed by atoms with Crippen LogP contribution in [0.5, 0.6) is 0 Å². The summed E-state index contributed by atoms with van der Waals surface area (Å²) >= 11 is 1.48. The zero-order valence-electron chi connectivity index (χ0n) is 8.51. The fourth-order valence-electron chi connectivity index (χ4n) is 1.23. The number of thioether (sulfide) groups is 1. The average Bonchev–Trinajstić information content (AvgIpc) is 2.86. The number of hydrogen-bond acceptors (Lipinski definition) is 4. The number of imidazole rings is 1. The van der Waals surface area contributed by atoms with Gasteiger partial charge in [-0.3, -0.25) is 0 Å². The van der Waals surface area contributed by atoms with Gasteiger partial charge in [0, 0.05) is 12.4 Å². The van der Waals surface area contributed by atoms with Crippen molar-refractivity contribution in [1.82, 2.24) is 9.97 Å². The van der Waals surface area contributed by atoms with E-state index in [-0.39, 0.29) is 11.0 Å². The number of furan rings is 1. The van der Waals surface area contributed by atoms with E-state index >= 15 is 0 Å². The Bertz CT molecular complexity index is 478. The summed E-state index contributed by atoms with van der Waals surface area (Å²) in [5, 5.41) is 9.51. The largest absolute Gasteiger partial charge is 0.475 e. The van der Waals surface area contributed by atoms with Gasteiger partial charge in [-0.05, 0) is 19.1 Å². The first-order chi connectivity index (χ1) is 7.66. The van der Waals surface area contributed by atoms with Crippen molar-refractivity contribution in [3.05, 3.63) is 36.0 Å². The fraction of sp³-hybridized carbons (Fsp3) is 0.200. The van der Waals surface area contributed by atoms with Gasteiger partial charge in [0.15, 0.2) is 5.16 Å². The molecule has 16 heavy (non-hydrogen) atoms. The Morgan fingerprint density at radius 2 is 2.44 bits per heavy atom. The number of aromatic carboxylic acids is 1. The molecule has 2 rings (SSSR count). The molecule has 0 bridgehead atoms. The molecule has 2 heterocycles. The van der Waals surface area contributed by atoms with Crippen LogP contribution in [0.3, 0.4) is 0 Å². The molecule has 6 heteroatoms. The van der Waals surface area contributed by atoms with Crippen molar-refractivity contribution in [2.45, 2.75) is 17.3 Å². The minimum absolute atomic E-state index is 0.0132. The third kappa shape index (κ3) is 2.27. The first-order valence-corrected chi connectivity index (χ1v) is 5.54. The van der Waals surface area contributed by atoms with Gasteiger partial charge in [0.25, 0.3) is 0 Å². The smallest absolute Gasteiger partial charge is 0.371 e. The van der Waals surface area contributed by atoms with Crippen LogP contribution >= 0.6 is 11.8 Å². The lowest BCUT2D eigenvalue weighted by molar-refractivity contribution is 0.0660. The molecule has 5 nitrogen and oxygen atoms in total. The van der Waals surface area contributed by atoms with Gasteiger partial charge < -0.3 is 14.5 Å². The van der Waals surface area contributed by atoms with Crippen LogP contribution in [-0.4, -0.2) is 21.0 Å². The highest BCUT2D eigenvalue weighted by Gasteiger charge is 2.15. The third-order valence-corrected chi connectivity index (χ3v) is 3.03. The first kappa shape index (κ1) is 10.8. The molecule has 2 aromatic heterocycles. The summed E-state index contributed by atoms with van der Waals surface area (Å²) in [7, 11) is 0. The van der Waals surface area contributed by atoms with Gasteiger partial charge in [-0.1, -0.05) is 11.8 Å². The molecule has 0 aromatic carbocycles. The number of rotatable bonds is 4. The normalized spacial score (nSPS) is 12.6. The van der Waals surface area contributed by atoms with E-state index in [1.54, 1.807) is 18.5 Å². The summed E-state index contributed by atoms with van der Waals surface area (Å²) in [4.78, 5) is 17.7. The van der Waals surface area contributed by atoms with Crippen LogP contribution in [0.25, 0.3) is 0 Å². The molecule has 84 valence electrons. The molecule has 1 atom stereocenters. The van der Waals surface area contributed by atoms with E-state index in [0.29, 0.717) is 5.76 Å². The predicted molar refractivity (Wildman–Crippen MR) is 58.5 cm³/mol. The average molecular weight is 238 g/mol. The molecule has 0 fully saturated rings. The maximum absolute atomic E-state index is 10.6. The summed E-state index contributed by atoms with van der Waals surface area (Å²) in [5.41, 5.74) is 0.